The molecule has 0 bridgehead atoms. The van der Waals surface area contributed by atoms with Crippen molar-refractivity contribution in [2.75, 3.05) is 0 Å². The molecule has 0 fully saturated rings. The lowest BCUT2D eigenvalue weighted by molar-refractivity contribution is 0.0937. The van der Waals surface area contributed by atoms with E-state index in [4.69, 9.17) is 0 Å². The molecule has 1 atom stereocenters. The number of nitrogens with one attached hydrogen (secondary N) is 1. The van der Waals surface area contributed by atoms with Crippen LogP contribution in [-0.4, -0.2) is 25.7 Å². The molecule has 0 aliphatic carbocycles. The van der Waals surface area contributed by atoms with Crippen molar-refractivity contribution >= 4 is 5.91 Å². The lowest BCUT2D eigenvalue weighted by Gasteiger charge is -2.12. The summed E-state index contributed by atoms with van der Waals surface area (Å²) in [5.74, 6) is 0.565. The SMILES string of the molecule is C[C@H](NC(=O)c1ccncc1)c1nncn1C. The largest absolute Gasteiger partial charge is 0.342 e. The zero-order valence-corrected chi connectivity index (χ0v) is 9.66. The Bertz CT molecular complexity index is 508. The number of hydrogen-bond acceptors (Lipinski definition) is 4. The molecule has 0 saturated carbocycles. The molecular weight excluding hydrogens is 218 g/mol. The third-order valence-corrected chi connectivity index (χ3v) is 2.42. The van der Waals surface area contributed by atoms with Crippen LogP contribution in [0.4, 0.5) is 0 Å². The summed E-state index contributed by atoms with van der Waals surface area (Å²) < 4.78 is 1.78. The Kier molecular flexibility index (Phi) is 3.13. The Morgan fingerprint density at radius 1 is 1.41 bits per heavy atom. The van der Waals surface area contributed by atoms with Gasteiger partial charge in [0.2, 0.25) is 0 Å². The summed E-state index contributed by atoms with van der Waals surface area (Å²) in [6, 6.07) is 3.14. The summed E-state index contributed by atoms with van der Waals surface area (Å²) in [4.78, 5) is 15.7. The number of amides is 1. The third kappa shape index (κ3) is 2.47. The highest BCUT2D eigenvalue weighted by molar-refractivity contribution is 5.94. The molecule has 2 rings (SSSR count). The summed E-state index contributed by atoms with van der Waals surface area (Å²) in [5.41, 5.74) is 0.578. The van der Waals surface area contributed by atoms with Crippen LogP contribution in [-0.2, 0) is 7.05 Å². The molecule has 0 radical (unpaired) electrons. The number of aromatic nitrogens is 4. The number of nitrogens with zero attached hydrogens (tertiary/aromatic N) is 4. The Hall–Kier alpha value is -2.24. The van der Waals surface area contributed by atoms with Crippen LogP contribution in [0.5, 0.6) is 0 Å². The number of pyridine rings is 1. The lowest BCUT2D eigenvalue weighted by Crippen LogP contribution is -2.28. The first-order chi connectivity index (χ1) is 8.18. The average Bonchev–Trinajstić information content (AvgIpc) is 2.76. The summed E-state index contributed by atoms with van der Waals surface area (Å²) in [5, 5.41) is 10.6. The van der Waals surface area contributed by atoms with Crippen LogP contribution in [0.2, 0.25) is 0 Å². The molecule has 1 N–H and O–H groups in total. The molecule has 6 nitrogen and oxygen atoms in total. The molecule has 88 valence electrons. The van der Waals surface area contributed by atoms with E-state index in [-0.39, 0.29) is 11.9 Å². The van der Waals surface area contributed by atoms with Crippen molar-refractivity contribution in [1.29, 1.82) is 0 Å². The number of carbonyl (C=O) groups is 1. The fourth-order valence-corrected chi connectivity index (χ4v) is 1.53. The Morgan fingerprint density at radius 2 is 2.12 bits per heavy atom. The molecule has 0 unspecified atom stereocenters. The second-order valence-electron chi connectivity index (χ2n) is 3.73. The fraction of sp³-hybridized carbons (Fsp3) is 0.273. The van der Waals surface area contributed by atoms with Gasteiger partial charge in [-0.15, -0.1) is 10.2 Å². The second-order valence-corrected chi connectivity index (χ2v) is 3.73. The highest BCUT2D eigenvalue weighted by Crippen LogP contribution is 2.08. The van der Waals surface area contributed by atoms with Crippen molar-refractivity contribution in [3.05, 3.63) is 42.2 Å². The summed E-state index contributed by atoms with van der Waals surface area (Å²) >= 11 is 0. The summed E-state index contributed by atoms with van der Waals surface area (Å²) in [6.45, 7) is 1.86. The van der Waals surface area contributed by atoms with Crippen molar-refractivity contribution < 1.29 is 4.79 Å². The molecule has 0 aromatic carbocycles. The van der Waals surface area contributed by atoms with Crippen LogP contribution in [0.3, 0.4) is 0 Å². The van der Waals surface area contributed by atoms with Gasteiger partial charge in [-0.1, -0.05) is 0 Å². The molecular formula is C11H13N5O. The zero-order chi connectivity index (χ0) is 12.3. The van der Waals surface area contributed by atoms with Gasteiger partial charge in [0.05, 0.1) is 6.04 Å². The molecule has 0 saturated heterocycles. The first-order valence-corrected chi connectivity index (χ1v) is 5.23. The van der Waals surface area contributed by atoms with Crippen molar-refractivity contribution in [3.8, 4) is 0 Å². The van der Waals surface area contributed by atoms with E-state index in [0.29, 0.717) is 11.4 Å². The molecule has 1 amide bonds. The van der Waals surface area contributed by atoms with E-state index < -0.39 is 0 Å². The molecule has 0 spiro atoms. The number of aryl methyl sites for hydroxylation is 1. The van der Waals surface area contributed by atoms with Crippen molar-refractivity contribution in [1.82, 2.24) is 25.1 Å². The van der Waals surface area contributed by atoms with Crippen LogP contribution < -0.4 is 5.32 Å². The predicted octanol–water partition coefficient (Wildman–Crippen LogP) is 0.701. The molecule has 2 aromatic rings. The van der Waals surface area contributed by atoms with Crippen molar-refractivity contribution in [3.63, 3.8) is 0 Å². The van der Waals surface area contributed by atoms with Gasteiger partial charge in [-0.2, -0.15) is 0 Å². The Balaban J connectivity index is 2.08. The topological polar surface area (TPSA) is 72.7 Å². The molecule has 2 heterocycles. The Morgan fingerprint density at radius 3 is 2.71 bits per heavy atom. The Labute approximate surface area is 98.7 Å². The highest BCUT2D eigenvalue weighted by Gasteiger charge is 2.14. The summed E-state index contributed by atoms with van der Waals surface area (Å²) in [6.07, 6.45) is 4.77. The summed E-state index contributed by atoms with van der Waals surface area (Å²) in [7, 11) is 1.84. The zero-order valence-electron chi connectivity index (χ0n) is 9.66. The molecule has 17 heavy (non-hydrogen) atoms. The predicted molar refractivity (Wildman–Crippen MR) is 61.1 cm³/mol. The maximum Gasteiger partial charge on any atom is 0.251 e. The third-order valence-electron chi connectivity index (χ3n) is 2.42. The monoisotopic (exact) mass is 231 g/mol. The molecule has 2 aromatic heterocycles. The second kappa shape index (κ2) is 4.73. The number of carbonyl (C=O) groups excluding carboxylic acids is 1. The van der Waals surface area contributed by atoms with Gasteiger partial charge < -0.3 is 9.88 Å². The lowest BCUT2D eigenvalue weighted by atomic mass is 10.2. The first kappa shape index (κ1) is 11.3. The number of rotatable bonds is 3. The van der Waals surface area contributed by atoms with Gasteiger partial charge in [0.1, 0.15) is 6.33 Å². The standard InChI is InChI=1S/C11H13N5O/c1-8(10-15-13-7-16(10)2)14-11(17)9-3-5-12-6-4-9/h3-8H,1-2H3,(H,14,17)/t8-/m0/s1. The van der Waals surface area contributed by atoms with Crippen LogP contribution in [0, 0.1) is 0 Å². The normalized spacial score (nSPS) is 12.1. The van der Waals surface area contributed by atoms with Crippen LogP contribution in [0.25, 0.3) is 0 Å². The minimum absolute atomic E-state index is 0.150. The van der Waals surface area contributed by atoms with Crippen LogP contribution in [0.1, 0.15) is 29.1 Å². The van der Waals surface area contributed by atoms with E-state index in [9.17, 15) is 4.79 Å². The van der Waals surface area contributed by atoms with Crippen molar-refractivity contribution in [2.24, 2.45) is 7.05 Å². The fourth-order valence-electron chi connectivity index (χ4n) is 1.53. The minimum Gasteiger partial charge on any atom is -0.342 e. The van der Waals surface area contributed by atoms with Crippen LogP contribution >= 0.6 is 0 Å². The van der Waals surface area contributed by atoms with Gasteiger partial charge in [0.15, 0.2) is 5.82 Å². The number of hydrogen-bond donors (Lipinski definition) is 1. The quantitative estimate of drug-likeness (QED) is 0.844. The molecule has 0 aliphatic heterocycles. The smallest absolute Gasteiger partial charge is 0.251 e. The van der Waals surface area contributed by atoms with E-state index in [1.807, 2.05) is 14.0 Å². The van der Waals surface area contributed by atoms with Gasteiger partial charge in [0.25, 0.3) is 5.91 Å². The van der Waals surface area contributed by atoms with Gasteiger partial charge in [-0.3, -0.25) is 9.78 Å². The van der Waals surface area contributed by atoms with Crippen molar-refractivity contribution in [2.45, 2.75) is 13.0 Å². The van der Waals surface area contributed by atoms with Gasteiger partial charge in [0, 0.05) is 25.0 Å². The van der Waals surface area contributed by atoms with E-state index in [2.05, 4.69) is 20.5 Å². The molecule has 6 heteroatoms. The minimum atomic E-state index is -0.192. The van der Waals surface area contributed by atoms with E-state index in [0.717, 1.165) is 0 Å². The van der Waals surface area contributed by atoms with Gasteiger partial charge in [-0.25, -0.2) is 0 Å². The maximum atomic E-state index is 11.9. The molecule has 0 aliphatic rings. The first-order valence-electron chi connectivity index (χ1n) is 5.23. The van der Waals surface area contributed by atoms with E-state index >= 15 is 0 Å². The van der Waals surface area contributed by atoms with E-state index in [1.54, 1.807) is 35.4 Å². The maximum absolute atomic E-state index is 11.9. The average molecular weight is 231 g/mol. The van der Waals surface area contributed by atoms with Gasteiger partial charge >= 0.3 is 0 Å². The highest BCUT2D eigenvalue weighted by atomic mass is 16.1. The van der Waals surface area contributed by atoms with Gasteiger partial charge in [-0.05, 0) is 19.1 Å². The van der Waals surface area contributed by atoms with E-state index in [1.165, 1.54) is 0 Å². The van der Waals surface area contributed by atoms with Crippen LogP contribution in [0.15, 0.2) is 30.9 Å².